The van der Waals surface area contributed by atoms with Gasteiger partial charge in [0.25, 0.3) is 0 Å². The van der Waals surface area contributed by atoms with E-state index in [0.29, 0.717) is 35.8 Å². The van der Waals surface area contributed by atoms with Gasteiger partial charge >= 0.3 is 0 Å². The normalized spacial score (nSPS) is 24.4. The fourth-order valence-corrected chi connectivity index (χ4v) is 6.19. The first-order chi connectivity index (χ1) is 13.3. The third kappa shape index (κ3) is 2.63. The van der Waals surface area contributed by atoms with Gasteiger partial charge in [-0.15, -0.1) is 0 Å². The zero-order valence-corrected chi connectivity index (χ0v) is 16.7. The smallest absolute Gasteiger partial charge is 0.250 e. The van der Waals surface area contributed by atoms with Crippen LogP contribution in [0.15, 0.2) is 42.5 Å². The molecule has 7 nitrogen and oxygen atoms in total. The van der Waals surface area contributed by atoms with E-state index >= 15 is 0 Å². The highest BCUT2D eigenvalue weighted by Gasteiger charge is 2.75. The molecule has 148 valence electrons. The number of hydrogen-bond acceptors (Lipinski definition) is 5. The number of sulfonamides is 1. The summed E-state index contributed by atoms with van der Waals surface area (Å²) in [5, 5.41) is 2.75. The third-order valence-electron chi connectivity index (χ3n) is 5.53. The molecular weight excluding hydrogens is 380 g/mol. The van der Waals surface area contributed by atoms with Crippen molar-refractivity contribution < 1.29 is 22.7 Å². The molecule has 1 aliphatic heterocycles. The molecule has 0 bridgehead atoms. The fraction of sp³-hybridized carbons (Fsp3) is 0.350. The van der Waals surface area contributed by atoms with Gasteiger partial charge in [0.2, 0.25) is 15.9 Å². The minimum atomic E-state index is -3.80. The second kappa shape index (κ2) is 6.41. The number of benzene rings is 2. The molecule has 0 radical (unpaired) electrons. The number of methoxy groups -OCH3 is 2. The van der Waals surface area contributed by atoms with Gasteiger partial charge in [-0.25, -0.2) is 8.42 Å². The highest BCUT2D eigenvalue weighted by atomic mass is 32.2. The second-order valence-electron chi connectivity index (χ2n) is 7.19. The molecule has 0 aromatic heterocycles. The number of nitrogens with zero attached hydrogens (tertiary/aromatic N) is 1. The third-order valence-corrected chi connectivity index (χ3v) is 8.08. The number of aryl methyl sites for hydroxylation is 1. The molecule has 1 saturated carbocycles. The molecule has 2 atom stereocenters. The van der Waals surface area contributed by atoms with Gasteiger partial charge in [-0.2, -0.15) is 0 Å². The predicted molar refractivity (Wildman–Crippen MR) is 106 cm³/mol. The molecule has 0 unspecified atom stereocenters. The number of anilines is 2. The lowest BCUT2D eigenvalue weighted by Crippen LogP contribution is -2.42. The summed E-state index contributed by atoms with van der Waals surface area (Å²) in [6.45, 7) is 2.27. The van der Waals surface area contributed by atoms with Crippen LogP contribution in [-0.2, 0) is 14.8 Å². The van der Waals surface area contributed by atoms with E-state index in [-0.39, 0.29) is 5.92 Å². The van der Waals surface area contributed by atoms with E-state index in [9.17, 15) is 13.2 Å². The van der Waals surface area contributed by atoms with Crippen molar-refractivity contribution >= 4 is 27.3 Å². The minimum Gasteiger partial charge on any atom is -0.493 e. The number of carbonyl (C=O) groups is 1. The number of nitrogens with one attached hydrogen (secondary N) is 1. The standard InChI is InChI=1S/C20H22N2O5S/c1-13-4-7-16(8-5-13)22-12-14-11-20(14,28(22,24)25)19(23)21-15-6-9-17(26-2)18(10-15)27-3/h4-10,14H,11-12H2,1-3H3,(H,21,23)/t14-,20-/m1/s1. The van der Waals surface area contributed by atoms with Crippen molar-refractivity contribution in [3.05, 3.63) is 48.0 Å². The molecule has 0 spiro atoms. The van der Waals surface area contributed by atoms with E-state index in [1.54, 1.807) is 30.3 Å². The Balaban J connectivity index is 1.59. The Morgan fingerprint density at radius 1 is 1.11 bits per heavy atom. The first-order valence-corrected chi connectivity index (χ1v) is 10.4. The Morgan fingerprint density at radius 3 is 2.43 bits per heavy atom. The summed E-state index contributed by atoms with van der Waals surface area (Å²) in [7, 11) is -0.779. The van der Waals surface area contributed by atoms with Gasteiger partial charge in [0.15, 0.2) is 16.2 Å². The molecule has 2 aromatic rings. The van der Waals surface area contributed by atoms with E-state index in [2.05, 4.69) is 5.32 Å². The first-order valence-electron chi connectivity index (χ1n) is 8.96. The molecule has 28 heavy (non-hydrogen) atoms. The Kier molecular flexibility index (Phi) is 4.26. The van der Waals surface area contributed by atoms with Crippen molar-refractivity contribution in [2.24, 2.45) is 5.92 Å². The van der Waals surface area contributed by atoms with Crippen LogP contribution in [0.5, 0.6) is 11.5 Å². The molecule has 2 aliphatic rings. The van der Waals surface area contributed by atoms with E-state index in [0.717, 1.165) is 5.56 Å². The molecule has 1 amide bonds. The number of ether oxygens (including phenoxy) is 2. The molecule has 2 fully saturated rings. The monoisotopic (exact) mass is 402 g/mol. The van der Waals surface area contributed by atoms with Gasteiger partial charge in [0.1, 0.15) is 0 Å². The minimum absolute atomic E-state index is 0.209. The molecule has 2 aromatic carbocycles. The van der Waals surface area contributed by atoms with Crippen molar-refractivity contribution in [2.45, 2.75) is 18.1 Å². The van der Waals surface area contributed by atoms with Crippen LogP contribution in [0, 0.1) is 12.8 Å². The van der Waals surface area contributed by atoms with Crippen molar-refractivity contribution in [3.8, 4) is 11.5 Å². The summed E-state index contributed by atoms with van der Waals surface area (Å²) < 4.78 is 36.8. The van der Waals surface area contributed by atoms with Crippen LogP contribution in [0.25, 0.3) is 0 Å². The van der Waals surface area contributed by atoms with Crippen LogP contribution in [0.2, 0.25) is 0 Å². The van der Waals surface area contributed by atoms with Gasteiger partial charge < -0.3 is 14.8 Å². The van der Waals surface area contributed by atoms with Crippen LogP contribution in [0.1, 0.15) is 12.0 Å². The number of hydrogen-bond donors (Lipinski definition) is 1. The SMILES string of the molecule is COc1ccc(NC(=O)[C@@]23C[C@@H]2CN(c2ccc(C)cc2)S3(=O)=O)cc1OC. The lowest BCUT2D eigenvalue weighted by atomic mass is 10.2. The van der Waals surface area contributed by atoms with Crippen molar-refractivity contribution in [3.63, 3.8) is 0 Å². The highest BCUT2D eigenvalue weighted by Crippen LogP contribution is 2.58. The van der Waals surface area contributed by atoms with Crippen LogP contribution in [0.3, 0.4) is 0 Å². The number of rotatable bonds is 5. The van der Waals surface area contributed by atoms with Gasteiger partial charge in [0, 0.05) is 24.2 Å². The zero-order chi connectivity index (χ0) is 20.1. The van der Waals surface area contributed by atoms with E-state index in [1.165, 1.54) is 18.5 Å². The Hall–Kier alpha value is -2.74. The van der Waals surface area contributed by atoms with Crippen LogP contribution in [0.4, 0.5) is 11.4 Å². The summed E-state index contributed by atoms with van der Waals surface area (Å²) >= 11 is 0. The maximum absolute atomic E-state index is 13.2. The van der Waals surface area contributed by atoms with Crippen molar-refractivity contribution in [2.75, 3.05) is 30.4 Å². The first kappa shape index (κ1) is 18.6. The molecule has 8 heteroatoms. The lowest BCUT2D eigenvalue weighted by molar-refractivity contribution is -0.116. The molecular formula is C20H22N2O5S. The maximum Gasteiger partial charge on any atom is 0.250 e. The number of amides is 1. The van der Waals surface area contributed by atoms with Crippen molar-refractivity contribution in [1.82, 2.24) is 0 Å². The predicted octanol–water partition coefficient (Wildman–Crippen LogP) is 2.56. The van der Waals surface area contributed by atoms with Crippen LogP contribution in [-0.4, -0.2) is 39.8 Å². The quantitative estimate of drug-likeness (QED) is 0.831. The van der Waals surface area contributed by atoms with Crippen molar-refractivity contribution in [1.29, 1.82) is 0 Å². The molecule has 1 aliphatic carbocycles. The molecule has 4 rings (SSSR count). The molecule has 1 N–H and O–H groups in total. The average molecular weight is 402 g/mol. The second-order valence-corrected chi connectivity index (χ2v) is 9.31. The highest BCUT2D eigenvalue weighted by molar-refractivity contribution is 7.95. The Bertz CT molecular complexity index is 1040. The van der Waals surface area contributed by atoms with E-state index < -0.39 is 20.7 Å². The maximum atomic E-state index is 13.2. The lowest BCUT2D eigenvalue weighted by Gasteiger charge is -2.23. The Labute approximate surface area is 164 Å². The van der Waals surface area contributed by atoms with Crippen LogP contribution < -0.4 is 19.1 Å². The van der Waals surface area contributed by atoms with Gasteiger partial charge in [-0.1, -0.05) is 17.7 Å². The molecule has 1 heterocycles. The topological polar surface area (TPSA) is 84.9 Å². The molecule has 1 saturated heterocycles. The summed E-state index contributed by atoms with van der Waals surface area (Å²) in [4.78, 5) is 13.0. The number of fused-ring (bicyclic) bond motifs is 1. The van der Waals surface area contributed by atoms with Gasteiger partial charge in [0.05, 0.1) is 19.9 Å². The van der Waals surface area contributed by atoms with Gasteiger partial charge in [-0.05, 0) is 37.6 Å². The largest absolute Gasteiger partial charge is 0.493 e. The number of carbonyl (C=O) groups excluding carboxylic acids is 1. The fourth-order valence-electron chi connectivity index (χ4n) is 3.83. The van der Waals surface area contributed by atoms with Gasteiger partial charge in [-0.3, -0.25) is 9.10 Å². The summed E-state index contributed by atoms with van der Waals surface area (Å²) in [6.07, 6.45) is 0.344. The summed E-state index contributed by atoms with van der Waals surface area (Å²) in [5.41, 5.74) is 2.11. The zero-order valence-electron chi connectivity index (χ0n) is 15.9. The van der Waals surface area contributed by atoms with E-state index in [1.807, 2.05) is 19.1 Å². The van der Waals surface area contributed by atoms with E-state index in [4.69, 9.17) is 9.47 Å². The Morgan fingerprint density at radius 2 is 1.79 bits per heavy atom. The summed E-state index contributed by atoms with van der Waals surface area (Å²) in [5.74, 6) is 0.279. The summed E-state index contributed by atoms with van der Waals surface area (Å²) in [6, 6.07) is 12.2. The average Bonchev–Trinajstić information content (AvgIpc) is 3.38. The van der Waals surface area contributed by atoms with Crippen LogP contribution >= 0.6 is 0 Å².